The summed E-state index contributed by atoms with van der Waals surface area (Å²) in [6.45, 7) is 3.72. The molecule has 0 bridgehead atoms. The van der Waals surface area contributed by atoms with Crippen molar-refractivity contribution in [2.75, 3.05) is 5.32 Å². The highest BCUT2D eigenvalue weighted by atomic mass is 32.1. The van der Waals surface area contributed by atoms with E-state index in [1.807, 2.05) is 30.6 Å². The lowest BCUT2D eigenvalue weighted by molar-refractivity contribution is -0.112. The number of carbonyl (C=O) groups excluding carboxylic acids is 1. The Kier molecular flexibility index (Phi) is 6.36. The maximum atomic E-state index is 12.9. The monoisotopic (exact) mass is 470 g/mol. The standard InChI is InChI=1S/C26H22N4O3S/c1-15-10-18(16(2)30(15)20-7-5-6-17(12-20)26(32)33)11-19(13-27)24(31)29-25-22(14-28)21-8-3-4-9-23(21)34-25/h5-7,10-12H,3-4,8-9H2,1-2H3,(H,29,31)(H,32,33). The van der Waals surface area contributed by atoms with Crippen molar-refractivity contribution in [1.29, 1.82) is 10.5 Å². The molecule has 34 heavy (non-hydrogen) atoms. The molecule has 3 aromatic rings. The zero-order valence-electron chi connectivity index (χ0n) is 18.8. The van der Waals surface area contributed by atoms with Crippen molar-refractivity contribution in [1.82, 2.24) is 4.57 Å². The van der Waals surface area contributed by atoms with Gasteiger partial charge in [-0.15, -0.1) is 11.3 Å². The van der Waals surface area contributed by atoms with Gasteiger partial charge in [0.25, 0.3) is 5.91 Å². The highest BCUT2D eigenvalue weighted by Crippen LogP contribution is 2.37. The van der Waals surface area contributed by atoms with Gasteiger partial charge in [0.15, 0.2) is 0 Å². The number of aromatic nitrogens is 1. The number of aryl methyl sites for hydroxylation is 2. The minimum absolute atomic E-state index is 0.0743. The van der Waals surface area contributed by atoms with Crippen LogP contribution in [0.5, 0.6) is 0 Å². The molecule has 0 saturated heterocycles. The first-order valence-electron chi connectivity index (χ1n) is 10.8. The molecule has 2 heterocycles. The van der Waals surface area contributed by atoms with Crippen LogP contribution in [0.2, 0.25) is 0 Å². The van der Waals surface area contributed by atoms with E-state index in [-0.39, 0.29) is 11.1 Å². The Morgan fingerprint density at radius 2 is 1.94 bits per heavy atom. The zero-order valence-corrected chi connectivity index (χ0v) is 19.6. The van der Waals surface area contributed by atoms with Crippen LogP contribution in [0.1, 0.15) is 56.2 Å². The number of nitrogens with one attached hydrogen (secondary N) is 1. The van der Waals surface area contributed by atoms with E-state index in [4.69, 9.17) is 0 Å². The summed E-state index contributed by atoms with van der Waals surface area (Å²) in [4.78, 5) is 25.4. The van der Waals surface area contributed by atoms with E-state index in [9.17, 15) is 25.2 Å². The van der Waals surface area contributed by atoms with Crippen molar-refractivity contribution >= 4 is 34.3 Å². The normalized spacial score (nSPS) is 13.0. The van der Waals surface area contributed by atoms with Crippen molar-refractivity contribution in [2.24, 2.45) is 0 Å². The van der Waals surface area contributed by atoms with Crippen LogP contribution in [0, 0.1) is 36.5 Å². The Labute approximate surface area is 201 Å². The van der Waals surface area contributed by atoms with Gasteiger partial charge in [-0.2, -0.15) is 10.5 Å². The second-order valence-corrected chi connectivity index (χ2v) is 9.27. The van der Waals surface area contributed by atoms with Crippen molar-refractivity contribution in [2.45, 2.75) is 39.5 Å². The molecule has 4 rings (SSSR count). The summed E-state index contributed by atoms with van der Waals surface area (Å²) in [7, 11) is 0. The maximum Gasteiger partial charge on any atom is 0.335 e. The van der Waals surface area contributed by atoms with Crippen molar-refractivity contribution in [3.05, 3.63) is 74.4 Å². The third kappa shape index (κ3) is 4.24. The molecule has 1 amide bonds. The summed E-state index contributed by atoms with van der Waals surface area (Å²) >= 11 is 1.42. The second-order valence-electron chi connectivity index (χ2n) is 8.17. The highest BCUT2D eigenvalue weighted by molar-refractivity contribution is 7.16. The fourth-order valence-corrected chi connectivity index (χ4v) is 5.59. The topological polar surface area (TPSA) is 119 Å². The molecule has 1 aliphatic carbocycles. The molecule has 0 radical (unpaired) electrons. The number of hydrogen-bond acceptors (Lipinski definition) is 5. The number of benzene rings is 1. The Hall–Kier alpha value is -4.14. The van der Waals surface area contributed by atoms with Crippen molar-refractivity contribution < 1.29 is 14.7 Å². The minimum atomic E-state index is -1.01. The lowest BCUT2D eigenvalue weighted by Gasteiger charge is -2.10. The van der Waals surface area contributed by atoms with E-state index in [1.165, 1.54) is 23.5 Å². The molecule has 7 nitrogen and oxygen atoms in total. The molecule has 0 atom stereocenters. The summed E-state index contributed by atoms with van der Waals surface area (Å²) in [6.07, 6.45) is 5.36. The second kappa shape index (κ2) is 9.38. The molecule has 0 aliphatic heterocycles. The summed E-state index contributed by atoms with van der Waals surface area (Å²) in [5.74, 6) is -1.57. The van der Waals surface area contributed by atoms with Gasteiger partial charge in [-0.05, 0) is 81.0 Å². The number of rotatable bonds is 5. The SMILES string of the molecule is Cc1cc(C=C(C#N)C(=O)Nc2sc3c(c2C#N)CCCC3)c(C)n1-c1cccc(C(=O)O)c1. The Morgan fingerprint density at radius 1 is 1.18 bits per heavy atom. The van der Waals surface area contributed by atoms with Crippen LogP contribution in [0.4, 0.5) is 5.00 Å². The first-order chi connectivity index (χ1) is 16.3. The summed E-state index contributed by atoms with van der Waals surface area (Å²) in [5.41, 5.74) is 4.58. The number of carboxylic acid groups (broad SMARTS) is 1. The lowest BCUT2D eigenvalue weighted by atomic mass is 9.96. The smallest absolute Gasteiger partial charge is 0.335 e. The van der Waals surface area contributed by atoms with Gasteiger partial charge < -0.3 is 15.0 Å². The molecule has 170 valence electrons. The fraction of sp³-hybridized carbons (Fsp3) is 0.231. The number of nitriles is 2. The number of thiophene rings is 1. The number of carbonyl (C=O) groups is 2. The molecular formula is C26H22N4O3S. The van der Waals surface area contributed by atoms with Gasteiger partial charge in [0, 0.05) is 22.0 Å². The molecule has 2 N–H and O–H groups in total. The average molecular weight is 471 g/mol. The molecule has 0 saturated carbocycles. The number of nitrogens with zero attached hydrogens (tertiary/aromatic N) is 3. The Balaban J connectivity index is 1.66. The predicted octanol–water partition coefficient (Wildman–Crippen LogP) is 5.15. The third-order valence-corrected chi connectivity index (χ3v) is 7.20. The van der Waals surface area contributed by atoms with Gasteiger partial charge in [-0.25, -0.2) is 4.79 Å². The van der Waals surface area contributed by atoms with Crippen LogP contribution >= 0.6 is 11.3 Å². The Morgan fingerprint density at radius 3 is 2.65 bits per heavy atom. The van der Waals surface area contributed by atoms with E-state index in [2.05, 4.69) is 11.4 Å². The average Bonchev–Trinajstić information content (AvgIpc) is 3.32. The summed E-state index contributed by atoms with van der Waals surface area (Å²) < 4.78 is 1.88. The largest absolute Gasteiger partial charge is 0.478 e. The van der Waals surface area contributed by atoms with Gasteiger partial charge in [0.2, 0.25) is 0 Å². The lowest BCUT2D eigenvalue weighted by Crippen LogP contribution is -2.13. The molecule has 0 unspecified atom stereocenters. The molecule has 1 aliphatic rings. The van der Waals surface area contributed by atoms with Crippen LogP contribution in [-0.2, 0) is 17.6 Å². The fourth-order valence-electron chi connectivity index (χ4n) is 4.36. The Bertz CT molecular complexity index is 1430. The van der Waals surface area contributed by atoms with Crippen LogP contribution < -0.4 is 5.32 Å². The summed E-state index contributed by atoms with van der Waals surface area (Å²) in [5, 5.41) is 31.9. The van der Waals surface area contributed by atoms with E-state index in [0.717, 1.165) is 47.5 Å². The maximum absolute atomic E-state index is 12.9. The quantitative estimate of drug-likeness (QED) is 0.395. The third-order valence-electron chi connectivity index (χ3n) is 6.00. The number of aromatic carboxylic acids is 1. The number of amides is 1. The van der Waals surface area contributed by atoms with Crippen molar-refractivity contribution in [3.8, 4) is 17.8 Å². The number of carboxylic acids is 1. The predicted molar refractivity (Wildman–Crippen MR) is 130 cm³/mol. The van der Waals surface area contributed by atoms with Crippen LogP contribution in [-0.4, -0.2) is 21.6 Å². The van der Waals surface area contributed by atoms with E-state index >= 15 is 0 Å². The molecule has 0 fully saturated rings. The molecular weight excluding hydrogens is 448 g/mol. The molecule has 0 spiro atoms. The highest BCUT2D eigenvalue weighted by Gasteiger charge is 2.23. The number of anilines is 1. The minimum Gasteiger partial charge on any atom is -0.478 e. The first kappa shape index (κ1) is 23.0. The first-order valence-corrected chi connectivity index (χ1v) is 11.7. The molecule has 8 heteroatoms. The van der Waals surface area contributed by atoms with Gasteiger partial charge in [0.1, 0.15) is 22.7 Å². The summed E-state index contributed by atoms with van der Waals surface area (Å²) in [6, 6.07) is 12.6. The van der Waals surface area contributed by atoms with Crippen LogP contribution in [0.3, 0.4) is 0 Å². The van der Waals surface area contributed by atoms with Gasteiger partial charge >= 0.3 is 5.97 Å². The van der Waals surface area contributed by atoms with E-state index in [1.54, 1.807) is 18.2 Å². The number of fused-ring (bicyclic) bond motifs is 1. The van der Waals surface area contributed by atoms with E-state index < -0.39 is 11.9 Å². The van der Waals surface area contributed by atoms with Gasteiger partial charge in [0.05, 0.1) is 11.1 Å². The molecule has 2 aromatic heterocycles. The van der Waals surface area contributed by atoms with Crippen LogP contribution in [0.25, 0.3) is 11.8 Å². The number of hydrogen-bond donors (Lipinski definition) is 2. The van der Waals surface area contributed by atoms with E-state index in [0.29, 0.717) is 21.8 Å². The van der Waals surface area contributed by atoms with Gasteiger partial charge in [-0.3, -0.25) is 4.79 Å². The van der Waals surface area contributed by atoms with Crippen LogP contribution in [0.15, 0.2) is 35.9 Å². The van der Waals surface area contributed by atoms with Crippen molar-refractivity contribution in [3.63, 3.8) is 0 Å². The zero-order chi connectivity index (χ0) is 24.4. The molecule has 1 aromatic carbocycles. The van der Waals surface area contributed by atoms with Gasteiger partial charge in [-0.1, -0.05) is 6.07 Å².